The first-order valence-corrected chi connectivity index (χ1v) is 12.8. The number of piperazine rings is 1. The number of halogens is 2. The molecule has 2 unspecified atom stereocenters. The van der Waals surface area contributed by atoms with Crippen molar-refractivity contribution in [2.45, 2.75) is 76.9 Å². The Hall–Kier alpha value is -0.860. The molecule has 0 saturated carbocycles. The fraction of sp³-hybridized carbons (Fsp3) is 0.833. The highest BCUT2D eigenvalue weighted by Crippen LogP contribution is 2.32. The Morgan fingerprint density at radius 3 is 2.15 bits per heavy atom. The van der Waals surface area contributed by atoms with Crippen molar-refractivity contribution in [2.24, 2.45) is 0 Å². The molecule has 0 aromatic carbocycles. The Labute approximate surface area is 212 Å². The molecule has 1 aromatic rings. The number of unbranched alkanes of at least 4 members (excludes halogenated alkanes) is 1. The van der Waals surface area contributed by atoms with Crippen LogP contribution in [-0.4, -0.2) is 78.6 Å². The number of nitrogens with zero attached hydrogens (tertiary/aromatic N) is 5. The SMILES string of the molecule is CCCCC(CCC(O)N1CCNCC1)c1cc(N2CCCC2)nc(N2CCCC2)n1.Cl.Cl. The zero-order chi connectivity index (χ0) is 21.5. The molecule has 0 radical (unpaired) electrons. The van der Waals surface area contributed by atoms with Gasteiger partial charge in [-0.1, -0.05) is 19.8 Å². The molecule has 0 aliphatic carbocycles. The normalized spacial score (nSPS) is 20.9. The van der Waals surface area contributed by atoms with Crippen molar-refractivity contribution in [1.82, 2.24) is 20.2 Å². The van der Waals surface area contributed by atoms with Gasteiger partial charge in [-0.2, -0.15) is 4.98 Å². The summed E-state index contributed by atoms with van der Waals surface area (Å²) in [5.41, 5.74) is 1.19. The van der Waals surface area contributed by atoms with Gasteiger partial charge in [0.05, 0.1) is 5.69 Å². The number of aliphatic hydroxyl groups is 1. The Morgan fingerprint density at radius 2 is 1.52 bits per heavy atom. The third kappa shape index (κ3) is 7.82. The average Bonchev–Trinajstić information content (AvgIpc) is 3.54. The summed E-state index contributed by atoms with van der Waals surface area (Å²) in [7, 11) is 0. The van der Waals surface area contributed by atoms with Gasteiger partial charge in [0, 0.05) is 64.3 Å². The van der Waals surface area contributed by atoms with Crippen LogP contribution < -0.4 is 15.1 Å². The van der Waals surface area contributed by atoms with Gasteiger partial charge in [0.2, 0.25) is 5.95 Å². The molecule has 190 valence electrons. The third-order valence-electron chi connectivity index (χ3n) is 7.21. The van der Waals surface area contributed by atoms with Crippen LogP contribution in [0.1, 0.15) is 76.3 Å². The molecule has 33 heavy (non-hydrogen) atoms. The Bertz CT molecular complexity index is 645. The Morgan fingerprint density at radius 1 is 0.879 bits per heavy atom. The minimum Gasteiger partial charge on any atom is -0.378 e. The number of hydrogen-bond acceptors (Lipinski definition) is 7. The first-order chi connectivity index (χ1) is 15.2. The third-order valence-corrected chi connectivity index (χ3v) is 7.21. The standard InChI is InChI=1S/C24H42N6O.2ClH/c1-2-3-8-20(9-10-23(31)29-17-11-25-12-18-29)21-19-22(28-13-4-5-14-28)27-24(26-21)30-15-6-7-16-30;;/h19-20,23,25,31H,2-18H2,1H3;2*1H. The summed E-state index contributed by atoms with van der Waals surface area (Å²) < 4.78 is 0. The van der Waals surface area contributed by atoms with Gasteiger partial charge in [0.1, 0.15) is 12.0 Å². The van der Waals surface area contributed by atoms with Gasteiger partial charge in [-0.05, 0) is 44.9 Å². The van der Waals surface area contributed by atoms with Crippen LogP contribution in [-0.2, 0) is 0 Å². The molecular formula is C24H44Cl2N6O. The van der Waals surface area contributed by atoms with Gasteiger partial charge in [-0.15, -0.1) is 24.8 Å². The lowest BCUT2D eigenvalue weighted by Gasteiger charge is -2.32. The van der Waals surface area contributed by atoms with Crippen LogP contribution >= 0.6 is 24.8 Å². The van der Waals surface area contributed by atoms with E-state index in [0.29, 0.717) is 5.92 Å². The van der Waals surface area contributed by atoms with E-state index in [9.17, 15) is 5.11 Å². The second-order valence-corrected chi connectivity index (χ2v) is 9.52. The lowest BCUT2D eigenvalue weighted by Crippen LogP contribution is -2.48. The first-order valence-electron chi connectivity index (χ1n) is 12.8. The van der Waals surface area contributed by atoms with Crippen LogP contribution in [0.4, 0.5) is 11.8 Å². The van der Waals surface area contributed by atoms with Crippen molar-refractivity contribution in [3.8, 4) is 0 Å². The Balaban J connectivity index is 0.00000193. The quantitative estimate of drug-likeness (QED) is 0.504. The number of hydrogen-bond donors (Lipinski definition) is 2. The summed E-state index contributed by atoms with van der Waals surface area (Å²) in [6, 6.07) is 2.27. The van der Waals surface area contributed by atoms with Crippen molar-refractivity contribution in [3.05, 3.63) is 11.8 Å². The van der Waals surface area contributed by atoms with Gasteiger partial charge < -0.3 is 20.2 Å². The predicted molar refractivity (Wildman–Crippen MR) is 141 cm³/mol. The lowest BCUT2D eigenvalue weighted by molar-refractivity contribution is -0.0117. The van der Waals surface area contributed by atoms with Crippen molar-refractivity contribution >= 4 is 36.6 Å². The summed E-state index contributed by atoms with van der Waals surface area (Å²) in [6.45, 7) is 10.4. The highest BCUT2D eigenvalue weighted by Gasteiger charge is 2.25. The highest BCUT2D eigenvalue weighted by molar-refractivity contribution is 5.85. The van der Waals surface area contributed by atoms with Gasteiger partial charge in [-0.25, -0.2) is 4.98 Å². The fourth-order valence-electron chi connectivity index (χ4n) is 5.22. The van der Waals surface area contributed by atoms with E-state index >= 15 is 0 Å². The molecular weight excluding hydrogens is 459 g/mol. The Kier molecular flexibility index (Phi) is 12.5. The van der Waals surface area contributed by atoms with Crippen LogP contribution in [0.25, 0.3) is 0 Å². The van der Waals surface area contributed by atoms with E-state index in [4.69, 9.17) is 9.97 Å². The smallest absolute Gasteiger partial charge is 0.227 e. The second-order valence-electron chi connectivity index (χ2n) is 9.52. The second kappa shape index (κ2) is 14.5. The van der Waals surface area contributed by atoms with E-state index in [1.165, 1.54) is 44.2 Å². The van der Waals surface area contributed by atoms with Crippen LogP contribution in [0.2, 0.25) is 0 Å². The van der Waals surface area contributed by atoms with Gasteiger partial charge in [-0.3, -0.25) is 4.90 Å². The highest BCUT2D eigenvalue weighted by atomic mass is 35.5. The van der Waals surface area contributed by atoms with Crippen molar-refractivity contribution in [3.63, 3.8) is 0 Å². The molecule has 3 fully saturated rings. The van der Waals surface area contributed by atoms with Gasteiger partial charge in [0.15, 0.2) is 0 Å². The van der Waals surface area contributed by atoms with E-state index in [2.05, 4.69) is 33.0 Å². The molecule has 3 aliphatic heterocycles. The summed E-state index contributed by atoms with van der Waals surface area (Å²) in [5.74, 6) is 2.44. The van der Waals surface area contributed by atoms with E-state index < -0.39 is 0 Å². The van der Waals surface area contributed by atoms with Crippen molar-refractivity contribution in [1.29, 1.82) is 0 Å². The molecule has 7 nitrogen and oxygen atoms in total. The molecule has 4 heterocycles. The first kappa shape index (κ1) is 28.4. The molecule has 3 saturated heterocycles. The zero-order valence-corrected chi connectivity index (χ0v) is 21.9. The monoisotopic (exact) mass is 502 g/mol. The lowest BCUT2D eigenvalue weighted by atomic mass is 9.92. The van der Waals surface area contributed by atoms with Gasteiger partial charge in [0.25, 0.3) is 0 Å². The molecule has 0 bridgehead atoms. The molecule has 9 heteroatoms. The summed E-state index contributed by atoms with van der Waals surface area (Å²) in [5, 5.41) is 14.2. The van der Waals surface area contributed by atoms with E-state index in [0.717, 1.165) is 83.4 Å². The largest absolute Gasteiger partial charge is 0.378 e. The molecule has 2 atom stereocenters. The van der Waals surface area contributed by atoms with E-state index in [1.54, 1.807) is 0 Å². The molecule has 2 N–H and O–H groups in total. The molecule has 3 aliphatic rings. The van der Waals surface area contributed by atoms with Crippen LogP contribution in [0.15, 0.2) is 6.07 Å². The van der Waals surface area contributed by atoms with Crippen LogP contribution in [0, 0.1) is 0 Å². The molecule has 4 rings (SSSR count). The number of nitrogens with one attached hydrogen (secondary N) is 1. The maximum absolute atomic E-state index is 10.8. The number of anilines is 2. The number of aromatic nitrogens is 2. The fourth-order valence-corrected chi connectivity index (χ4v) is 5.22. The van der Waals surface area contributed by atoms with E-state index in [-0.39, 0.29) is 31.0 Å². The maximum atomic E-state index is 10.8. The predicted octanol–water partition coefficient (Wildman–Crippen LogP) is 3.80. The molecule has 0 amide bonds. The minimum atomic E-state index is -0.343. The molecule has 1 aromatic heterocycles. The number of aliphatic hydroxyl groups excluding tert-OH is 1. The number of rotatable bonds is 10. The van der Waals surface area contributed by atoms with Gasteiger partial charge >= 0.3 is 0 Å². The minimum absolute atomic E-state index is 0. The summed E-state index contributed by atoms with van der Waals surface area (Å²) in [4.78, 5) is 17.2. The maximum Gasteiger partial charge on any atom is 0.227 e. The average molecular weight is 504 g/mol. The van der Waals surface area contributed by atoms with Crippen LogP contribution in [0.3, 0.4) is 0 Å². The van der Waals surface area contributed by atoms with E-state index in [1.807, 2.05) is 0 Å². The van der Waals surface area contributed by atoms with Crippen LogP contribution in [0.5, 0.6) is 0 Å². The van der Waals surface area contributed by atoms with Crippen molar-refractivity contribution < 1.29 is 5.11 Å². The summed E-state index contributed by atoms with van der Waals surface area (Å²) in [6.07, 6.45) is 9.99. The molecule has 0 spiro atoms. The van der Waals surface area contributed by atoms with Crippen molar-refractivity contribution in [2.75, 3.05) is 62.2 Å². The zero-order valence-electron chi connectivity index (χ0n) is 20.3. The summed E-state index contributed by atoms with van der Waals surface area (Å²) >= 11 is 0. The topological polar surface area (TPSA) is 67.8 Å².